The molecule has 1 rings (SSSR count). The van der Waals surface area contributed by atoms with Gasteiger partial charge in [0.05, 0.1) is 0 Å². The lowest BCUT2D eigenvalue weighted by atomic mass is 9.73. The van der Waals surface area contributed by atoms with Gasteiger partial charge in [0, 0.05) is 0 Å². The molecule has 1 aliphatic carbocycles. The van der Waals surface area contributed by atoms with Crippen LogP contribution in [0.15, 0.2) is 37.0 Å². The van der Waals surface area contributed by atoms with E-state index < -0.39 is 0 Å². The molecule has 0 heterocycles. The van der Waals surface area contributed by atoms with Crippen molar-refractivity contribution < 1.29 is 0 Å². The van der Waals surface area contributed by atoms with Gasteiger partial charge in [-0.2, -0.15) is 0 Å². The normalized spacial score (nSPS) is 22.6. The lowest BCUT2D eigenvalue weighted by Gasteiger charge is -2.32. The summed E-state index contributed by atoms with van der Waals surface area (Å²) >= 11 is 0. The fraction of sp³-hybridized carbons (Fsp3) is 0.667. The summed E-state index contributed by atoms with van der Waals surface area (Å²) in [5, 5.41) is 0. The summed E-state index contributed by atoms with van der Waals surface area (Å²) in [5.41, 5.74) is 2.78. The zero-order valence-corrected chi connectivity index (χ0v) is 12.8. The third kappa shape index (κ3) is 6.23. The van der Waals surface area contributed by atoms with Gasteiger partial charge in [0.1, 0.15) is 0 Å². The molecule has 0 aliphatic heterocycles. The molecule has 0 aromatic rings. The molecule has 0 N–H and O–H groups in total. The molecule has 0 amide bonds. The van der Waals surface area contributed by atoms with Gasteiger partial charge in [0.25, 0.3) is 0 Å². The van der Waals surface area contributed by atoms with Crippen LogP contribution in [0.25, 0.3) is 0 Å². The Bertz CT molecular complexity index is 259. The summed E-state index contributed by atoms with van der Waals surface area (Å²) in [7, 11) is 0. The van der Waals surface area contributed by atoms with Gasteiger partial charge < -0.3 is 0 Å². The number of rotatable bonds is 6. The topological polar surface area (TPSA) is 0 Å². The van der Waals surface area contributed by atoms with Gasteiger partial charge in [0.15, 0.2) is 0 Å². The van der Waals surface area contributed by atoms with E-state index in [1.807, 2.05) is 19.9 Å². The van der Waals surface area contributed by atoms with E-state index >= 15 is 0 Å². The van der Waals surface area contributed by atoms with Gasteiger partial charge in [-0.25, -0.2) is 0 Å². The average Bonchev–Trinajstić information content (AvgIpc) is 2.39. The Balaban J connectivity index is 0.00000137. The smallest absolute Gasteiger partial charge is 0.0177 e. The Labute approximate surface area is 115 Å². The molecule has 104 valence electrons. The first-order chi connectivity index (χ1) is 8.65. The first-order valence-electron chi connectivity index (χ1n) is 7.58. The van der Waals surface area contributed by atoms with Crippen molar-refractivity contribution in [3.63, 3.8) is 0 Å². The van der Waals surface area contributed by atoms with Crippen LogP contribution in [0.1, 0.15) is 65.7 Å². The minimum Gasteiger partial charge on any atom is -0.103 e. The fourth-order valence-electron chi connectivity index (χ4n) is 2.88. The summed E-state index contributed by atoms with van der Waals surface area (Å²) in [6, 6.07) is 0. The van der Waals surface area contributed by atoms with E-state index in [4.69, 9.17) is 0 Å². The van der Waals surface area contributed by atoms with Crippen molar-refractivity contribution >= 4 is 0 Å². The molecule has 1 fully saturated rings. The number of hydrogen-bond acceptors (Lipinski definition) is 0. The zero-order valence-electron chi connectivity index (χ0n) is 12.8. The zero-order chi connectivity index (χ0) is 14.0. The van der Waals surface area contributed by atoms with Crippen LogP contribution in [0.3, 0.4) is 0 Å². The Hall–Kier alpha value is -0.780. The summed E-state index contributed by atoms with van der Waals surface area (Å²) in [6.07, 6.45) is 10.9. The highest BCUT2D eigenvalue weighted by atomic mass is 14.3. The van der Waals surface area contributed by atoms with Crippen molar-refractivity contribution in [2.24, 2.45) is 11.8 Å². The molecule has 0 spiro atoms. The van der Waals surface area contributed by atoms with Crippen LogP contribution in [-0.2, 0) is 0 Å². The third-order valence-corrected chi connectivity index (χ3v) is 3.79. The number of allylic oxidation sites excluding steroid dienone is 3. The maximum atomic E-state index is 4.20. The highest BCUT2D eigenvalue weighted by molar-refractivity contribution is 5.05. The van der Waals surface area contributed by atoms with Crippen molar-refractivity contribution in [3.8, 4) is 0 Å². The molecule has 0 bridgehead atoms. The minimum atomic E-state index is 0.745. The molecule has 0 saturated heterocycles. The standard InChI is InChI=1S/C16H26.C2H6/c1-5-6-9-14(4)12-15-10-7-8-11-16(15)13(2)3;1-2/h5,15-16H,1-2,4,6-12H2,3H3;1-2H3. The second kappa shape index (κ2) is 10.2. The first kappa shape index (κ1) is 17.2. The highest BCUT2D eigenvalue weighted by Crippen LogP contribution is 2.38. The van der Waals surface area contributed by atoms with Crippen molar-refractivity contribution in [3.05, 3.63) is 37.0 Å². The van der Waals surface area contributed by atoms with Crippen LogP contribution in [-0.4, -0.2) is 0 Å². The van der Waals surface area contributed by atoms with E-state index in [1.54, 1.807) is 0 Å². The van der Waals surface area contributed by atoms with E-state index in [0.29, 0.717) is 0 Å². The van der Waals surface area contributed by atoms with Crippen LogP contribution in [0, 0.1) is 11.8 Å². The van der Waals surface area contributed by atoms with Crippen molar-refractivity contribution in [1.29, 1.82) is 0 Å². The van der Waals surface area contributed by atoms with Crippen molar-refractivity contribution in [2.75, 3.05) is 0 Å². The van der Waals surface area contributed by atoms with Gasteiger partial charge in [0.2, 0.25) is 0 Å². The summed E-state index contributed by atoms with van der Waals surface area (Å²) < 4.78 is 0. The fourth-order valence-corrected chi connectivity index (χ4v) is 2.88. The van der Waals surface area contributed by atoms with E-state index in [-0.39, 0.29) is 0 Å². The van der Waals surface area contributed by atoms with Crippen LogP contribution >= 0.6 is 0 Å². The van der Waals surface area contributed by atoms with Gasteiger partial charge in [-0.15, -0.1) is 6.58 Å². The quantitative estimate of drug-likeness (QED) is 0.483. The molecule has 0 nitrogen and oxygen atoms in total. The molecule has 0 aromatic carbocycles. The van der Waals surface area contributed by atoms with Crippen molar-refractivity contribution in [1.82, 2.24) is 0 Å². The maximum absolute atomic E-state index is 4.20. The lowest BCUT2D eigenvalue weighted by molar-refractivity contribution is 0.269. The molecular weight excluding hydrogens is 216 g/mol. The summed E-state index contributed by atoms with van der Waals surface area (Å²) in [6.45, 7) is 18.3. The molecule has 18 heavy (non-hydrogen) atoms. The summed E-state index contributed by atoms with van der Waals surface area (Å²) in [5.74, 6) is 1.55. The van der Waals surface area contributed by atoms with Crippen LogP contribution in [0.2, 0.25) is 0 Å². The van der Waals surface area contributed by atoms with E-state index in [9.17, 15) is 0 Å². The Morgan fingerprint density at radius 1 is 1.17 bits per heavy atom. The predicted molar refractivity (Wildman–Crippen MR) is 84.8 cm³/mol. The first-order valence-corrected chi connectivity index (χ1v) is 7.58. The molecule has 1 aliphatic rings. The van der Waals surface area contributed by atoms with Gasteiger partial charge in [-0.05, 0) is 50.9 Å². The minimum absolute atomic E-state index is 0.745. The van der Waals surface area contributed by atoms with E-state index in [1.165, 1.54) is 43.3 Å². The molecule has 2 unspecified atom stereocenters. The Kier molecular flexibility index (Phi) is 9.73. The second-order valence-electron chi connectivity index (χ2n) is 5.28. The monoisotopic (exact) mass is 248 g/mol. The van der Waals surface area contributed by atoms with Gasteiger partial charge >= 0.3 is 0 Å². The van der Waals surface area contributed by atoms with E-state index in [0.717, 1.165) is 24.7 Å². The van der Waals surface area contributed by atoms with Crippen LogP contribution in [0.4, 0.5) is 0 Å². The molecule has 0 aromatic heterocycles. The Morgan fingerprint density at radius 2 is 1.78 bits per heavy atom. The van der Waals surface area contributed by atoms with Crippen LogP contribution < -0.4 is 0 Å². The molecule has 0 radical (unpaired) electrons. The molecule has 0 heteroatoms. The van der Waals surface area contributed by atoms with Gasteiger partial charge in [-0.3, -0.25) is 0 Å². The second-order valence-corrected chi connectivity index (χ2v) is 5.28. The summed E-state index contributed by atoms with van der Waals surface area (Å²) in [4.78, 5) is 0. The molecule has 1 saturated carbocycles. The Morgan fingerprint density at radius 3 is 2.33 bits per heavy atom. The van der Waals surface area contributed by atoms with Crippen LogP contribution in [0.5, 0.6) is 0 Å². The largest absolute Gasteiger partial charge is 0.103 e. The highest BCUT2D eigenvalue weighted by Gasteiger charge is 2.25. The van der Waals surface area contributed by atoms with E-state index in [2.05, 4.69) is 26.7 Å². The molecular formula is C18H32. The third-order valence-electron chi connectivity index (χ3n) is 3.79. The van der Waals surface area contributed by atoms with Gasteiger partial charge in [-0.1, -0.05) is 57.1 Å². The van der Waals surface area contributed by atoms with Crippen molar-refractivity contribution in [2.45, 2.75) is 65.7 Å². The average molecular weight is 248 g/mol. The number of hydrogen-bond donors (Lipinski definition) is 0. The lowest BCUT2D eigenvalue weighted by Crippen LogP contribution is -2.20. The SMILES string of the molecule is C=CCCC(=C)CC1CCCCC1C(=C)C.CC. The molecule has 2 atom stereocenters. The predicted octanol–water partition coefficient (Wildman–Crippen LogP) is 6.31. The maximum Gasteiger partial charge on any atom is -0.0177 e.